The highest BCUT2D eigenvalue weighted by Gasteiger charge is 2.22. The van der Waals surface area contributed by atoms with Gasteiger partial charge in [-0.05, 0) is 45.9 Å². The van der Waals surface area contributed by atoms with Gasteiger partial charge in [-0.2, -0.15) is 0 Å². The summed E-state index contributed by atoms with van der Waals surface area (Å²) in [6.07, 6.45) is 0. The van der Waals surface area contributed by atoms with E-state index in [1.807, 2.05) is 39.0 Å². The van der Waals surface area contributed by atoms with E-state index in [0.717, 1.165) is 15.4 Å². The third kappa shape index (κ3) is 4.77. The highest BCUT2D eigenvalue weighted by Crippen LogP contribution is 2.32. The summed E-state index contributed by atoms with van der Waals surface area (Å²) in [4.78, 5) is 16.6. The van der Waals surface area contributed by atoms with Crippen LogP contribution in [0.15, 0.2) is 32.1 Å². The van der Waals surface area contributed by atoms with Gasteiger partial charge in [0.05, 0.1) is 12.1 Å². The molecule has 0 aliphatic carbocycles. The van der Waals surface area contributed by atoms with Crippen LogP contribution in [-0.4, -0.2) is 23.3 Å². The smallest absolute Gasteiger partial charge is 0.374 e. The molecule has 1 aromatic heterocycles. The Bertz CT molecular complexity index is 778. The van der Waals surface area contributed by atoms with Gasteiger partial charge in [0.15, 0.2) is 5.17 Å². The Kier molecular flexibility index (Phi) is 5.98. The van der Waals surface area contributed by atoms with Crippen LogP contribution in [0.4, 0.5) is 0 Å². The molecule has 0 bridgehead atoms. The minimum atomic E-state index is -0.466. The third-order valence-corrected chi connectivity index (χ3v) is 4.34. The summed E-state index contributed by atoms with van der Waals surface area (Å²) >= 11 is 4.83. The number of hydrogen-bond donors (Lipinski definition) is 1. The maximum Gasteiger partial charge on any atom is 0.374 e. The first-order valence-corrected chi connectivity index (χ1v) is 9.35. The lowest BCUT2D eigenvalue weighted by Crippen LogP contribution is -2.18. The molecule has 24 heavy (non-hydrogen) atoms. The molecule has 2 rings (SSSR count). The van der Waals surface area contributed by atoms with Crippen molar-refractivity contribution in [3.05, 3.63) is 34.0 Å². The van der Waals surface area contributed by atoms with E-state index in [1.54, 1.807) is 6.92 Å². The second-order valence-corrected chi connectivity index (χ2v) is 8.09. The number of aliphatic imine (C=N–C) groups is 1. The molecule has 2 N–H and O–H groups in total. The SMILES string of the molecule is CCOC(=O)c1oc2ccc(Br)cc2c1CSC(N)=NC(C)(C)C. The molecule has 7 heteroatoms. The van der Waals surface area contributed by atoms with E-state index in [4.69, 9.17) is 14.9 Å². The van der Waals surface area contributed by atoms with Crippen LogP contribution in [0.2, 0.25) is 0 Å². The van der Waals surface area contributed by atoms with Crippen LogP contribution >= 0.6 is 27.7 Å². The summed E-state index contributed by atoms with van der Waals surface area (Å²) in [7, 11) is 0. The van der Waals surface area contributed by atoms with Crippen molar-refractivity contribution in [2.75, 3.05) is 6.61 Å². The van der Waals surface area contributed by atoms with E-state index in [-0.39, 0.29) is 11.3 Å². The molecule has 130 valence electrons. The highest BCUT2D eigenvalue weighted by atomic mass is 79.9. The number of carbonyl (C=O) groups excluding carboxylic acids is 1. The summed E-state index contributed by atoms with van der Waals surface area (Å²) in [5.41, 5.74) is 7.15. The van der Waals surface area contributed by atoms with Crippen molar-refractivity contribution < 1.29 is 13.9 Å². The molecule has 2 aromatic rings. The predicted octanol–water partition coefficient (Wildman–Crippen LogP) is 4.72. The molecule has 1 heterocycles. The number of nitrogens with two attached hydrogens (primary N) is 1. The molecule has 0 saturated carbocycles. The Morgan fingerprint density at radius 1 is 1.42 bits per heavy atom. The fourth-order valence-electron chi connectivity index (χ4n) is 2.13. The molecule has 0 aliphatic heterocycles. The van der Waals surface area contributed by atoms with E-state index < -0.39 is 5.97 Å². The van der Waals surface area contributed by atoms with Gasteiger partial charge >= 0.3 is 5.97 Å². The summed E-state index contributed by atoms with van der Waals surface area (Å²) < 4.78 is 11.7. The molecule has 0 fully saturated rings. The number of esters is 1. The number of fused-ring (bicyclic) bond motifs is 1. The average molecular weight is 413 g/mol. The number of hydrogen-bond acceptors (Lipinski definition) is 5. The van der Waals surface area contributed by atoms with Crippen LogP contribution in [0.1, 0.15) is 43.8 Å². The lowest BCUT2D eigenvalue weighted by Gasteiger charge is -2.13. The highest BCUT2D eigenvalue weighted by molar-refractivity contribution is 9.10. The van der Waals surface area contributed by atoms with Gasteiger partial charge in [0.2, 0.25) is 5.76 Å². The number of amidine groups is 1. The molecule has 0 atom stereocenters. The standard InChI is InChI=1S/C17H21BrN2O3S/c1-5-22-15(21)14-12(9-24-16(19)20-17(2,3)4)11-8-10(18)6-7-13(11)23-14/h6-8H,5,9H2,1-4H3,(H2,19,20). The van der Waals surface area contributed by atoms with Gasteiger partial charge in [-0.15, -0.1) is 0 Å². The van der Waals surface area contributed by atoms with Crippen molar-refractivity contribution in [1.29, 1.82) is 0 Å². The van der Waals surface area contributed by atoms with Crippen LogP contribution in [0.5, 0.6) is 0 Å². The number of thioether (sulfide) groups is 1. The first-order valence-electron chi connectivity index (χ1n) is 7.57. The number of furan rings is 1. The molecule has 5 nitrogen and oxygen atoms in total. The van der Waals surface area contributed by atoms with Gasteiger partial charge in [-0.1, -0.05) is 27.7 Å². The van der Waals surface area contributed by atoms with Crippen LogP contribution < -0.4 is 5.73 Å². The van der Waals surface area contributed by atoms with Crippen LogP contribution in [0.25, 0.3) is 11.0 Å². The maximum atomic E-state index is 12.2. The average Bonchev–Trinajstić information content (AvgIpc) is 2.81. The molecular formula is C17H21BrN2O3S. The summed E-state index contributed by atoms with van der Waals surface area (Å²) in [6, 6.07) is 5.62. The molecular weight excluding hydrogens is 392 g/mol. The van der Waals surface area contributed by atoms with Gasteiger partial charge in [0.1, 0.15) is 5.58 Å². The monoisotopic (exact) mass is 412 g/mol. The molecule has 0 unspecified atom stereocenters. The number of nitrogens with zero attached hydrogens (tertiary/aromatic N) is 1. The minimum Gasteiger partial charge on any atom is -0.460 e. The van der Waals surface area contributed by atoms with E-state index in [0.29, 0.717) is 23.1 Å². The van der Waals surface area contributed by atoms with E-state index in [2.05, 4.69) is 20.9 Å². The molecule has 1 aromatic carbocycles. The van der Waals surface area contributed by atoms with E-state index in [9.17, 15) is 4.79 Å². The second-order valence-electron chi connectivity index (χ2n) is 6.18. The van der Waals surface area contributed by atoms with Crippen molar-refractivity contribution >= 4 is 49.8 Å². The van der Waals surface area contributed by atoms with Crippen molar-refractivity contribution in [1.82, 2.24) is 0 Å². The topological polar surface area (TPSA) is 77.8 Å². The van der Waals surface area contributed by atoms with Gasteiger partial charge in [-0.3, -0.25) is 4.99 Å². The predicted molar refractivity (Wildman–Crippen MR) is 103 cm³/mol. The molecule has 0 aliphatic rings. The Morgan fingerprint density at radius 3 is 2.75 bits per heavy atom. The quantitative estimate of drug-likeness (QED) is 0.446. The van der Waals surface area contributed by atoms with Crippen molar-refractivity contribution in [3.63, 3.8) is 0 Å². The Morgan fingerprint density at radius 2 is 2.12 bits per heavy atom. The van der Waals surface area contributed by atoms with Crippen LogP contribution in [-0.2, 0) is 10.5 Å². The van der Waals surface area contributed by atoms with Crippen molar-refractivity contribution in [2.45, 2.75) is 39.0 Å². The zero-order valence-corrected chi connectivity index (χ0v) is 16.6. The molecule has 0 amide bonds. The zero-order chi connectivity index (χ0) is 17.9. The Balaban J connectivity index is 2.38. The largest absolute Gasteiger partial charge is 0.460 e. The van der Waals surface area contributed by atoms with Crippen LogP contribution in [0, 0.1) is 0 Å². The first-order chi connectivity index (χ1) is 11.2. The van der Waals surface area contributed by atoms with Gasteiger partial charge in [0.25, 0.3) is 0 Å². The van der Waals surface area contributed by atoms with E-state index in [1.165, 1.54) is 11.8 Å². The van der Waals surface area contributed by atoms with Gasteiger partial charge in [0, 0.05) is 21.2 Å². The summed E-state index contributed by atoms with van der Waals surface area (Å²) in [5, 5.41) is 1.34. The number of halogens is 1. The van der Waals surface area contributed by atoms with Crippen molar-refractivity contribution in [3.8, 4) is 0 Å². The summed E-state index contributed by atoms with van der Waals surface area (Å²) in [5.74, 6) is 0.232. The molecule has 0 radical (unpaired) electrons. The minimum absolute atomic E-state index is 0.223. The third-order valence-electron chi connectivity index (χ3n) is 3.02. The normalized spacial score (nSPS) is 12.6. The first kappa shape index (κ1) is 18.9. The second kappa shape index (κ2) is 7.61. The van der Waals surface area contributed by atoms with Gasteiger partial charge in [-0.25, -0.2) is 4.79 Å². The van der Waals surface area contributed by atoms with Crippen molar-refractivity contribution in [2.24, 2.45) is 10.7 Å². The van der Waals surface area contributed by atoms with E-state index >= 15 is 0 Å². The molecule has 0 spiro atoms. The zero-order valence-electron chi connectivity index (χ0n) is 14.2. The Labute approximate surface area is 154 Å². The number of rotatable bonds is 4. The number of ether oxygens (including phenoxy) is 1. The maximum absolute atomic E-state index is 12.2. The van der Waals surface area contributed by atoms with Crippen LogP contribution in [0.3, 0.4) is 0 Å². The lowest BCUT2D eigenvalue weighted by atomic mass is 10.1. The number of carbonyl (C=O) groups is 1. The fourth-order valence-corrected chi connectivity index (χ4v) is 3.41. The summed E-state index contributed by atoms with van der Waals surface area (Å²) in [6.45, 7) is 8.00. The van der Waals surface area contributed by atoms with Gasteiger partial charge < -0.3 is 14.9 Å². The molecule has 0 saturated heterocycles. The lowest BCUT2D eigenvalue weighted by molar-refractivity contribution is 0.0491. The Hall–Kier alpha value is -1.47. The number of benzene rings is 1. The fraction of sp³-hybridized carbons (Fsp3) is 0.412.